The lowest BCUT2D eigenvalue weighted by atomic mass is 9.85. The number of fused-ring (bicyclic) bond motifs is 1. The van der Waals surface area contributed by atoms with Gasteiger partial charge < -0.3 is 19.4 Å². The van der Waals surface area contributed by atoms with Crippen LogP contribution in [0.3, 0.4) is 0 Å². The van der Waals surface area contributed by atoms with Crippen LogP contribution < -0.4 is 15.4 Å². The fourth-order valence-electron chi connectivity index (χ4n) is 4.41. The molecular weight excluding hydrogens is 484 g/mol. The first-order chi connectivity index (χ1) is 16.6. The van der Waals surface area contributed by atoms with Gasteiger partial charge in [0, 0.05) is 29.7 Å². The molecule has 188 valence electrons. The molecule has 0 amide bonds. The first-order valence-corrected chi connectivity index (χ1v) is 14.0. The standard InChI is InChI=1S/C22H26F3N6O3P/c1-35(2,32)16-6-7-31-18(9-16)29-30-19(31)13-4-3-5-14(8-13)27-21-26-10-17(22(23,24)25)20(28-21)34-15-11-33-12-15/h6-7,9-10,13-15H,3-5,8,11-12H2,1-2H3,(H,26,27,28)/t13-,14+/m0/s1. The van der Waals surface area contributed by atoms with Crippen LogP contribution in [0.25, 0.3) is 5.65 Å². The van der Waals surface area contributed by atoms with Crippen molar-refractivity contribution in [1.29, 1.82) is 0 Å². The zero-order chi connectivity index (χ0) is 24.8. The molecule has 0 aromatic carbocycles. The van der Waals surface area contributed by atoms with Crippen LogP contribution in [0.5, 0.6) is 5.88 Å². The summed E-state index contributed by atoms with van der Waals surface area (Å²) < 4.78 is 64.9. The van der Waals surface area contributed by atoms with Crippen LogP contribution >= 0.6 is 7.14 Å². The van der Waals surface area contributed by atoms with Gasteiger partial charge in [-0.15, -0.1) is 10.2 Å². The summed E-state index contributed by atoms with van der Waals surface area (Å²) in [5, 5.41) is 12.6. The Kier molecular flexibility index (Phi) is 6.21. The largest absolute Gasteiger partial charge is 0.469 e. The van der Waals surface area contributed by atoms with E-state index in [-0.39, 0.29) is 31.1 Å². The fraction of sp³-hybridized carbons (Fsp3) is 0.545. The van der Waals surface area contributed by atoms with E-state index in [9.17, 15) is 17.7 Å². The average molecular weight is 510 g/mol. The van der Waals surface area contributed by atoms with Crippen molar-refractivity contribution in [2.75, 3.05) is 31.9 Å². The second-order valence-electron chi connectivity index (χ2n) is 9.41. The summed E-state index contributed by atoms with van der Waals surface area (Å²) in [7, 11) is -2.41. The molecule has 3 aromatic heterocycles. The topological polar surface area (TPSA) is 104 Å². The highest BCUT2D eigenvalue weighted by Gasteiger charge is 2.38. The van der Waals surface area contributed by atoms with E-state index in [4.69, 9.17) is 9.47 Å². The third-order valence-corrected chi connectivity index (χ3v) is 7.88. The number of rotatable bonds is 6. The Morgan fingerprint density at radius 1 is 1.23 bits per heavy atom. The summed E-state index contributed by atoms with van der Waals surface area (Å²) in [6.45, 7) is 3.90. The summed E-state index contributed by atoms with van der Waals surface area (Å²) in [5.41, 5.74) is -0.362. The van der Waals surface area contributed by atoms with Crippen molar-refractivity contribution < 1.29 is 27.2 Å². The maximum absolute atomic E-state index is 13.4. The molecule has 2 aliphatic rings. The number of halogens is 3. The summed E-state index contributed by atoms with van der Waals surface area (Å²) in [5.74, 6) is 0.507. The molecule has 4 heterocycles. The van der Waals surface area contributed by atoms with Gasteiger partial charge in [0.2, 0.25) is 11.8 Å². The molecule has 35 heavy (non-hydrogen) atoms. The molecule has 0 unspecified atom stereocenters. The van der Waals surface area contributed by atoms with Gasteiger partial charge in [0.25, 0.3) is 0 Å². The highest BCUT2D eigenvalue weighted by Crippen LogP contribution is 2.38. The predicted molar refractivity (Wildman–Crippen MR) is 123 cm³/mol. The van der Waals surface area contributed by atoms with Gasteiger partial charge in [-0.25, -0.2) is 4.98 Å². The van der Waals surface area contributed by atoms with E-state index < -0.39 is 30.9 Å². The van der Waals surface area contributed by atoms with Crippen molar-refractivity contribution in [2.45, 2.75) is 49.9 Å². The number of ether oxygens (including phenoxy) is 2. The van der Waals surface area contributed by atoms with Gasteiger partial charge in [-0.05, 0) is 44.7 Å². The molecule has 2 atom stereocenters. The molecule has 9 nitrogen and oxygen atoms in total. The predicted octanol–water partition coefficient (Wildman–Crippen LogP) is 3.70. The van der Waals surface area contributed by atoms with Gasteiger partial charge in [0.1, 0.15) is 24.6 Å². The third-order valence-electron chi connectivity index (χ3n) is 6.36. The van der Waals surface area contributed by atoms with Gasteiger partial charge in [0.05, 0.1) is 13.2 Å². The Balaban J connectivity index is 1.33. The maximum atomic E-state index is 13.4. The first kappa shape index (κ1) is 24.0. The first-order valence-electron chi connectivity index (χ1n) is 11.4. The molecule has 1 saturated heterocycles. The van der Waals surface area contributed by atoms with Gasteiger partial charge in [-0.2, -0.15) is 18.2 Å². The van der Waals surface area contributed by atoms with Gasteiger partial charge in [-0.1, -0.05) is 6.42 Å². The molecule has 13 heteroatoms. The van der Waals surface area contributed by atoms with E-state index in [1.807, 2.05) is 16.7 Å². The smallest absolute Gasteiger partial charge is 0.423 e. The van der Waals surface area contributed by atoms with Crippen LogP contribution in [-0.2, 0) is 15.5 Å². The maximum Gasteiger partial charge on any atom is 0.423 e. The van der Waals surface area contributed by atoms with Gasteiger partial charge in [0.15, 0.2) is 5.65 Å². The Morgan fingerprint density at radius 2 is 2.03 bits per heavy atom. The van der Waals surface area contributed by atoms with E-state index in [2.05, 4.69) is 25.5 Å². The lowest BCUT2D eigenvalue weighted by Crippen LogP contribution is -2.39. The number of anilines is 1. The Morgan fingerprint density at radius 3 is 2.71 bits per heavy atom. The molecule has 0 spiro atoms. The van der Waals surface area contributed by atoms with E-state index in [0.29, 0.717) is 12.1 Å². The van der Waals surface area contributed by atoms with Crippen LogP contribution in [0.4, 0.5) is 19.1 Å². The summed E-state index contributed by atoms with van der Waals surface area (Å²) in [6.07, 6.45) is 0.865. The van der Waals surface area contributed by atoms with Crippen LogP contribution in [-0.4, -0.2) is 63.3 Å². The van der Waals surface area contributed by atoms with Crippen molar-refractivity contribution in [1.82, 2.24) is 24.6 Å². The lowest BCUT2D eigenvalue weighted by Gasteiger charge is -2.30. The molecule has 1 N–H and O–H groups in total. The van der Waals surface area contributed by atoms with Crippen molar-refractivity contribution in [3.05, 3.63) is 35.9 Å². The minimum atomic E-state index is -4.62. The van der Waals surface area contributed by atoms with E-state index in [1.54, 1.807) is 19.4 Å². The van der Waals surface area contributed by atoms with Crippen LogP contribution in [0.2, 0.25) is 0 Å². The number of nitrogens with one attached hydrogen (secondary N) is 1. The molecule has 1 aliphatic carbocycles. The van der Waals surface area contributed by atoms with E-state index >= 15 is 0 Å². The molecule has 2 fully saturated rings. The van der Waals surface area contributed by atoms with E-state index in [1.165, 1.54) is 0 Å². The number of hydrogen-bond donors (Lipinski definition) is 1. The zero-order valence-corrected chi connectivity index (χ0v) is 20.2. The number of aromatic nitrogens is 5. The van der Waals surface area contributed by atoms with Crippen molar-refractivity contribution >= 4 is 24.0 Å². The minimum absolute atomic E-state index is 0.0523. The third kappa shape index (κ3) is 5.13. The van der Waals surface area contributed by atoms with Crippen molar-refractivity contribution in [3.8, 4) is 5.88 Å². The average Bonchev–Trinajstić information content (AvgIpc) is 3.19. The Hall–Kier alpha value is -2.72. The Labute approximate surface area is 199 Å². The molecule has 0 radical (unpaired) electrons. The van der Waals surface area contributed by atoms with Gasteiger partial charge in [-0.3, -0.25) is 4.40 Å². The number of hydrogen-bond acceptors (Lipinski definition) is 8. The summed E-state index contributed by atoms with van der Waals surface area (Å²) in [4.78, 5) is 7.95. The molecular formula is C22H26F3N6O3P. The fourth-order valence-corrected chi connectivity index (χ4v) is 5.26. The van der Waals surface area contributed by atoms with Gasteiger partial charge >= 0.3 is 6.18 Å². The second-order valence-corrected chi connectivity index (χ2v) is 12.6. The second kappa shape index (κ2) is 9.05. The quantitative estimate of drug-likeness (QED) is 0.501. The summed E-state index contributed by atoms with van der Waals surface area (Å²) in [6, 6.07) is 3.59. The monoisotopic (exact) mass is 510 g/mol. The molecule has 5 rings (SSSR count). The molecule has 1 aliphatic heterocycles. The highest BCUT2D eigenvalue weighted by molar-refractivity contribution is 7.70. The molecule has 3 aromatic rings. The summed E-state index contributed by atoms with van der Waals surface area (Å²) >= 11 is 0. The number of pyridine rings is 1. The van der Waals surface area contributed by atoms with Crippen LogP contribution in [0, 0.1) is 0 Å². The number of nitrogens with zero attached hydrogens (tertiary/aromatic N) is 5. The minimum Gasteiger partial charge on any atom is -0.469 e. The number of alkyl halides is 3. The zero-order valence-electron chi connectivity index (χ0n) is 19.3. The SMILES string of the molecule is CP(C)(=O)c1ccn2c([C@H]3CCC[C@@H](Nc4ncc(C(F)(F)F)c(OC5COC5)n4)C3)nnc2c1. The lowest BCUT2D eigenvalue weighted by molar-refractivity contribution is -0.142. The normalized spacial score (nSPS) is 21.6. The van der Waals surface area contributed by atoms with Crippen molar-refractivity contribution in [2.24, 2.45) is 0 Å². The van der Waals surface area contributed by atoms with Crippen LogP contribution in [0.15, 0.2) is 24.5 Å². The Bertz CT molecular complexity index is 1270. The van der Waals surface area contributed by atoms with E-state index in [0.717, 1.165) is 36.6 Å². The molecule has 1 saturated carbocycles. The molecule has 0 bridgehead atoms. The van der Waals surface area contributed by atoms with Crippen molar-refractivity contribution in [3.63, 3.8) is 0 Å². The van der Waals surface area contributed by atoms with Crippen LogP contribution in [0.1, 0.15) is 43.0 Å². The highest BCUT2D eigenvalue weighted by atomic mass is 31.2.